The summed E-state index contributed by atoms with van der Waals surface area (Å²) in [4.78, 5) is 2.30. The molecule has 0 radical (unpaired) electrons. The van der Waals surface area contributed by atoms with Crippen LogP contribution in [0.15, 0.2) is 24.3 Å². The van der Waals surface area contributed by atoms with E-state index < -0.39 is 11.7 Å². The lowest BCUT2D eigenvalue weighted by atomic mass is 9.91. The van der Waals surface area contributed by atoms with Crippen molar-refractivity contribution in [1.29, 1.82) is 0 Å². The van der Waals surface area contributed by atoms with Crippen molar-refractivity contribution in [2.75, 3.05) is 13.1 Å². The van der Waals surface area contributed by atoms with E-state index in [1.165, 1.54) is 12.1 Å². The van der Waals surface area contributed by atoms with Crippen molar-refractivity contribution in [1.82, 2.24) is 10.2 Å². The van der Waals surface area contributed by atoms with Gasteiger partial charge in [-0.25, -0.2) is 0 Å². The molecule has 21 heavy (non-hydrogen) atoms. The van der Waals surface area contributed by atoms with E-state index >= 15 is 0 Å². The Morgan fingerprint density at radius 3 is 2.71 bits per heavy atom. The Morgan fingerprint density at radius 1 is 1.38 bits per heavy atom. The van der Waals surface area contributed by atoms with Gasteiger partial charge in [-0.3, -0.25) is 4.90 Å². The molecule has 2 atom stereocenters. The summed E-state index contributed by atoms with van der Waals surface area (Å²) in [7, 11) is 0. The molecule has 118 valence electrons. The molecule has 1 aromatic carbocycles. The van der Waals surface area contributed by atoms with Crippen molar-refractivity contribution < 1.29 is 13.2 Å². The summed E-state index contributed by atoms with van der Waals surface area (Å²) in [5.41, 5.74) is 0.140. The first-order valence-electron chi connectivity index (χ1n) is 7.39. The maximum absolute atomic E-state index is 12.8. The van der Waals surface area contributed by atoms with Crippen LogP contribution >= 0.6 is 0 Å². The van der Waals surface area contributed by atoms with Gasteiger partial charge in [0.15, 0.2) is 0 Å². The first kappa shape index (κ1) is 16.3. The highest BCUT2D eigenvalue weighted by atomic mass is 19.4. The monoisotopic (exact) mass is 300 g/mol. The predicted octanol–water partition coefficient (Wildman–Crippen LogP) is 3.67. The van der Waals surface area contributed by atoms with Crippen molar-refractivity contribution in [3.63, 3.8) is 0 Å². The quantitative estimate of drug-likeness (QED) is 0.916. The summed E-state index contributed by atoms with van der Waals surface area (Å²) in [6, 6.07) is 6.02. The first-order valence-corrected chi connectivity index (χ1v) is 7.39. The topological polar surface area (TPSA) is 15.3 Å². The average molecular weight is 300 g/mol. The van der Waals surface area contributed by atoms with Crippen LogP contribution < -0.4 is 5.32 Å². The summed E-state index contributed by atoms with van der Waals surface area (Å²) in [6.07, 6.45) is -3.31. The molecule has 0 spiro atoms. The molecule has 1 saturated heterocycles. The predicted molar refractivity (Wildman–Crippen MR) is 78.0 cm³/mol. The van der Waals surface area contributed by atoms with E-state index in [2.05, 4.69) is 31.0 Å². The third-order valence-corrected chi connectivity index (χ3v) is 4.48. The minimum absolute atomic E-state index is 0.0131. The molecule has 1 aromatic rings. The summed E-state index contributed by atoms with van der Waals surface area (Å²) < 4.78 is 38.4. The Kier molecular flexibility index (Phi) is 4.63. The average Bonchev–Trinajstić information content (AvgIpc) is 2.42. The van der Waals surface area contributed by atoms with Crippen LogP contribution in [0.4, 0.5) is 13.2 Å². The summed E-state index contributed by atoms with van der Waals surface area (Å²) in [5.74, 6) is 0. The Balaban J connectivity index is 2.19. The van der Waals surface area contributed by atoms with Crippen molar-refractivity contribution in [2.45, 2.75) is 51.5 Å². The fourth-order valence-corrected chi connectivity index (χ4v) is 2.79. The number of hydrogen-bond donors (Lipinski definition) is 1. The van der Waals surface area contributed by atoms with Gasteiger partial charge in [-0.15, -0.1) is 0 Å². The number of hydrogen-bond acceptors (Lipinski definition) is 2. The second-order valence-electron chi connectivity index (χ2n) is 6.21. The van der Waals surface area contributed by atoms with E-state index in [1.54, 1.807) is 6.07 Å². The van der Waals surface area contributed by atoms with Gasteiger partial charge in [0.1, 0.15) is 0 Å². The molecule has 1 fully saturated rings. The molecule has 0 saturated carbocycles. The number of nitrogens with one attached hydrogen (secondary N) is 1. The number of nitrogens with zero attached hydrogens (tertiary/aromatic N) is 1. The maximum atomic E-state index is 12.8. The van der Waals surface area contributed by atoms with Crippen LogP contribution in [0, 0.1) is 0 Å². The van der Waals surface area contributed by atoms with Gasteiger partial charge in [0, 0.05) is 31.2 Å². The number of halogens is 3. The molecule has 0 aliphatic carbocycles. The van der Waals surface area contributed by atoms with E-state index in [-0.39, 0.29) is 5.54 Å². The van der Waals surface area contributed by atoms with E-state index in [0.717, 1.165) is 31.1 Å². The highest BCUT2D eigenvalue weighted by molar-refractivity contribution is 5.26. The lowest BCUT2D eigenvalue weighted by molar-refractivity contribution is -0.137. The van der Waals surface area contributed by atoms with Crippen LogP contribution in [0.1, 0.15) is 38.3 Å². The molecule has 0 aromatic heterocycles. The van der Waals surface area contributed by atoms with Gasteiger partial charge in [-0.05, 0) is 31.9 Å². The Morgan fingerprint density at radius 2 is 2.10 bits per heavy atom. The fourth-order valence-electron chi connectivity index (χ4n) is 2.79. The molecule has 2 unspecified atom stereocenters. The van der Waals surface area contributed by atoms with Gasteiger partial charge in [0.25, 0.3) is 0 Å². The van der Waals surface area contributed by atoms with Crippen LogP contribution in [0.25, 0.3) is 0 Å². The zero-order chi connectivity index (χ0) is 15.7. The molecule has 1 aliphatic heterocycles. The van der Waals surface area contributed by atoms with Gasteiger partial charge < -0.3 is 5.32 Å². The van der Waals surface area contributed by atoms with Crippen molar-refractivity contribution in [2.24, 2.45) is 0 Å². The maximum Gasteiger partial charge on any atom is 0.416 e. The van der Waals surface area contributed by atoms with E-state index in [1.807, 2.05) is 0 Å². The first-order chi connectivity index (χ1) is 9.74. The summed E-state index contributed by atoms with van der Waals surface area (Å²) >= 11 is 0. The fraction of sp³-hybridized carbons (Fsp3) is 0.625. The van der Waals surface area contributed by atoms with Crippen molar-refractivity contribution in [3.8, 4) is 0 Å². The summed E-state index contributed by atoms with van der Waals surface area (Å²) in [5, 5.41) is 3.45. The third kappa shape index (κ3) is 3.77. The zero-order valence-electron chi connectivity index (χ0n) is 12.8. The number of benzene rings is 1. The molecule has 1 heterocycles. The molecular weight excluding hydrogens is 277 g/mol. The summed E-state index contributed by atoms with van der Waals surface area (Å²) in [6.45, 7) is 8.66. The Labute approximate surface area is 124 Å². The third-order valence-electron chi connectivity index (χ3n) is 4.48. The zero-order valence-corrected chi connectivity index (χ0v) is 12.8. The van der Waals surface area contributed by atoms with Gasteiger partial charge in [0.05, 0.1) is 5.56 Å². The van der Waals surface area contributed by atoms with E-state index in [0.29, 0.717) is 12.6 Å². The van der Waals surface area contributed by atoms with Crippen molar-refractivity contribution >= 4 is 0 Å². The molecule has 1 N–H and O–H groups in total. The van der Waals surface area contributed by atoms with Crippen LogP contribution in [0.2, 0.25) is 0 Å². The smallest absolute Gasteiger partial charge is 0.311 e. The largest absolute Gasteiger partial charge is 0.416 e. The van der Waals surface area contributed by atoms with Gasteiger partial charge in [-0.2, -0.15) is 13.2 Å². The number of alkyl halides is 3. The minimum Gasteiger partial charge on any atom is -0.311 e. The minimum atomic E-state index is -4.28. The highest BCUT2D eigenvalue weighted by Gasteiger charge is 2.35. The molecule has 2 rings (SSSR count). The second-order valence-corrected chi connectivity index (χ2v) is 6.21. The Bertz CT molecular complexity index is 487. The van der Waals surface area contributed by atoms with Crippen LogP contribution in [0.3, 0.4) is 0 Å². The molecular formula is C16H23F3N2. The molecule has 0 bridgehead atoms. The normalized spacial score (nSPS) is 27.8. The molecule has 2 nitrogen and oxygen atoms in total. The van der Waals surface area contributed by atoms with Gasteiger partial charge >= 0.3 is 6.18 Å². The SMILES string of the molecule is CCC1(C)CNC(C)CN1Cc1cccc(C(F)(F)F)c1. The number of piperazine rings is 1. The van der Waals surface area contributed by atoms with E-state index in [4.69, 9.17) is 0 Å². The molecule has 5 heteroatoms. The number of rotatable bonds is 3. The second kappa shape index (κ2) is 5.97. The van der Waals surface area contributed by atoms with Crippen LogP contribution in [-0.2, 0) is 12.7 Å². The van der Waals surface area contributed by atoms with Crippen LogP contribution in [-0.4, -0.2) is 29.6 Å². The van der Waals surface area contributed by atoms with Crippen LogP contribution in [0.5, 0.6) is 0 Å². The Hall–Kier alpha value is -1.07. The van der Waals surface area contributed by atoms with Gasteiger partial charge in [-0.1, -0.05) is 25.1 Å². The van der Waals surface area contributed by atoms with Gasteiger partial charge in [0.2, 0.25) is 0 Å². The lowest BCUT2D eigenvalue weighted by Crippen LogP contribution is -2.61. The molecule has 1 aliphatic rings. The van der Waals surface area contributed by atoms with Crippen molar-refractivity contribution in [3.05, 3.63) is 35.4 Å². The molecule has 0 amide bonds. The highest BCUT2D eigenvalue weighted by Crippen LogP contribution is 2.31. The van der Waals surface area contributed by atoms with E-state index in [9.17, 15) is 13.2 Å². The lowest BCUT2D eigenvalue weighted by Gasteiger charge is -2.47. The standard InChI is InChI=1S/C16H23F3N2/c1-4-15(3)11-20-12(2)9-21(15)10-13-6-5-7-14(8-13)16(17,18)19/h5-8,12,20H,4,9-11H2,1-3H3.